The number of nitrogens with zero attached hydrogens (tertiary/aromatic N) is 2. The van der Waals surface area contributed by atoms with Crippen molar-refractivity contribution in [3.05, 3.63) is 114 Å². The number of nitrogens with one attached hydrogen (secondary N) is 1. The van der Waals surface area contributed by atoms with Crippen molar-refractivity contribution in [3.63, 3.8) is 0 Å². The summed E-state index contributed by atoms with van der Waals surface area (Å²) in [6.45, 7) is 18.2. The average molecular weight is 487 g/mol. The molecule has 0 aliphatic carbocycles. The molecule has 2 aromatic rings. The molecule has 1 aromatic heterocycles. The Labute approximate surface area is 211 Å². The van der Waals surface area contributed by atoms with E-state index in [-0.39, 0.29) is 17.4 Å². The highest BCUT2D eigenvalue weighted by atomic mass is 19.1. The number of carbonyl (C=O) groups excluding carboxylic acids is 1. The second-order valence-electron chi connectivity index (χ2n) is 7.82. The predicted molar refractivity (Wildman–Crippen MR) is 147 cm³/mol. The zero-order valence-electron chi connectivity index (χ0n) is 21.1. The van der Waals surface area contributed by atoms with Crippen LogP contribution in [-0.2, 0) is 4.79 Å². The van der Waals surface area contributed by atoms with Crippen molar-refractivity contribution in [3.8, 4) is 11.5 Å². The fraction of sp³-hybridized carbons (Fsp3) is 0.138. The molecule has 186 valence electrons. The highest BCUT2D eigenvalue weighted by molar-refractivity contribution is 6.32. The Morgan fingerprint density at radius 2 is 1.92 bits per heavy atom. The number of ether oxygens (including phenoxy) is 1. The standard InChI is InChI=1S/C29H31FN4O2/c1-8-12-20(9-2)22(10-3)27(35)26(18(5)6)29(32-11-4)34-21-13-14-25(23(30)17-21)36-24-15-16-33-28(31)19(24)7/h8-17H,1-2,4H2,3,5-7H3,(H2,31,33)(H,32,34). The maximum absolute atomic E-state index is 15.0. The second kappa shape index (κ2) is 12.8. The number of anilines is 2. The van der Waals surface area contributed by atoms with Gasteiger partial charge in [-0.25, -0.2) is 14.4 Å². The van der Waals surface area contributed by atoms with Crippen LogP contribution in [0.4, 0.5) is 15.9 Å². The molecule has 1 heterocycles. The number of hydrogen-bond acceptors (Lipinski definition) is 5. The molecule has 0 aliphatic heterocycles. The van der Waals surface area contributed by atoms with Gasteiger partial charge in [0.1, 0.15) is 17.4 Å². The summed E-state index contributed by atoms with van der Waals surface area (Å²) in [5.41, 5.74) is 8.86. The zero-order valence-corrected chi connectivity index (χ0v) is 21.1. The predicted octanol–water partition coefficient (Wildman–Crippen LogP) is 7.01. The van der Waals surface area contributed by atoms with Crippen molar-refractivity contribution in [1.29, 1.82) is 0 Å². The second-order valence-corrected chi connectivity index (χ2v) is 7.82. The number of halogens is 1. The lowest BCUT2D eigenvalue weighted by atomic mass is 9.92. The molecule has 6 nitrogen and oxygen atoms in total. The number of aromatic nitrogens is 1. The Morgan fingerprint density at radius 1 is 1.19 bits per heavy atom. The van der Waals surface area contributed by atoms with Crippen LogP contribution < -0.4 is 15.8 Å². The fourth-order valence-electron chi connectivity index (χ4n) is 3.34. The van der Waals surface area contributed by atoms with Crippen LogP contribution in [0.25, 0.3) is 0 Å². The van der Waals surface area contributed by atoms with Gasteiger partial charge in [0, 0.05) is 35.3 Å². The van der Waals surface area contributed by atoms with Crippen LogP contribution in [0.3, 0.4) is 0 Å². The molecule has 0 amide bonds. The Balaban J connectivity index is 2.43. The monoisotopic (exact) mass is 486 g/mol. The van der Waals surface area contributed by atoms with E-state index in [0.29, 0.717) is 45.1 Å². The van der Waals surface area contributed by atoms with E-state index < -0.39 is 5.82 Å². The van der Waals surface area contributed by atoms with E-state index in [1.54, 1.807) is 64.1 Å². The number of rotatable bonds is 10. The molecule has 36 heavy (non-hydrogen) atoms. The Morgan fingerprint density at radius 3 is 2.47 bits per heavy atom. The number of pyridine rings is 1. The quantitative estimate of drug-likeness (QED) is 0.163. The summed E-state index contributed by atoms with van der Waals surface area (Å²) < 4.78 is 20.6. The van der Waals surface area contributed by atoms with Gasteiger partial charge in [-0.1, -0.05) is 49.6 Å². The largest absolute Gasteiger partial charge is 0.454 e. The molecule has 0 spiro atoms. The van der Waals surface area contributed by atoms with Gasteiger partial charge < -0.3 is 15.8 Å². The number of nitrogen functional groups attached to an aromatic ring is 1. The number of hydrogen-bond donors (Lipinski definition) is 2. The maximum atomic E-state index is 15.0. The zero-order chi connectivity index (χ0) is 26.8. The van der Waals surface area contributed by atoms with Crippen molar-refractivity contribution < 1.29 is 13.9 Å². The third kappa shape index (κ3) is 6.54. The average Bonchev–Trinajstić information content (AvgIpc) is 2.83. The van der Waals surface area contributed by atoms with Crippen LogP contribution in [0.5, 0.6) is 11.5 Å². The molecular weight excluding hydrogens is 455 g/mol. The first-order valence-corrected chi connectivity index (χ1v) is 11.2. The summed E-state index contributed by atoms with van der Waals surface area (Å²) in [5, 5.41) is 3.04. The number of Topliss-reactive ketones (excluding diaryl/α,β-unsaturated/α-hetero) is 1. The molecule has 0 radical (unpaired) electrons. The van der Waals surface area contributed by atoms with E-state index in [2.05, 4.69) is 35.0 Å². The third-order valence-corrected chi connectivity index (χ3v) is 5.15. The van der Waals surface area contributed by atoms with Crippen molar-refractivity contribution >= 4 is 23.1 Å². The van der Waals surface area contributed by atoms with E-state index in [4.69, 9.17) is 10.5 Å². The van der Waals surface area contributed by atoms with E-state index in [9.17, 15) is 9.18 Å². The van der Waals surface area contributed by atoms with Gasteiger partial charge in [-0.3, -0.25) is 4.79 Å². The first kappa shape index (κ1) is 27.7. The van der Waals surface area contributed by atoms with Gasteiger partial charge in [0.15, 0.2) is 17.3 Å². The molecular formula is C29H31FN4O2. The van der Waals surface area contributed by atoms with Crippen molar-refractivity contribution in [2.45, 2.75) is 27.7 Å². The number of nitrogens with two attached hydrogens (primary N) is 1. The van der Waals surface area contributed by atoms with Gasteiger partial charge in [0.05, 0.1) is 5.57 Å². The topological polar surface area (TPSA) is 89.6 Å². The smallest absolute Gasteiger partial charge is 0.196 e. The molecule has 0 bridgehead atoms. The van der Waals surface area contributed by atoms with Crippen LogP contribution in [0, 0.1) is 12.7 Å². The number of amidine groups is 1. The lowest BCUT2D eigenvalue weighted by Crippen LogP contribution is -2.23. The molecule has 0 aliphatic rings. The number of carbonyl (C=O) groups is 1. The number of benzene rings is 1. The summed E-state index contributed by atoms with van der Waals surface area (Å²) >= 11 is 0. The van der Waals surface area contributed by atoms with Crippen LogP contribution in [0.2, 0.25) is 0 Å². The van der Waals surface area contributed by atoms with Gasteiger partial charge in [0.2, 0.25) is 0 Å². The van der Waals surface area contributed by atoms with E-state index in [1.165, 1.54) is 24.5 Å². The molecule has 0 fully saturated rings. The highest BCUT2D eigenvalue weighted by Crippen LogP contribution is 2.30. The number of allylic oxidation sites excluding steroid dienone is 7. The van der Waals surface area contributed by atoms with Crippen molar-refractivity contribution in [1.82, 2.24) is 4.98 Å². The Kier molecular flexibility index (Phi) is 9.86. The normalized spacial score (nSPS) is 12.0. The van der Waals surface area contributed by atoms with Crippen LogP contribution in [-0.4, -0.2) is 16.6 Å². The van der Waals surface area contributed by atoms with E-state index >= 15 is 0 Å². The van der Waals surface area contributed by atoms with Gasteiger partial charge in [-0.05, 0) is 51.5 Å². The molecule has 2 rings (SSSR count). The molecule has 7 heteroatoms. The van der Waals surface area contributed by atoms with E-state index in [0.717, 1.165) is 0 Å². The highest BCUT2D eigenvalue weighted by Gasteiger charge is 2.23. The number of aliphatic imine (C=N–C) groups is 1. The minimum atomic E-state index is -0.616. The minimum absolute atomic E-state index is 0.0105. The minimum Gasteiger partial charge on any atom is -0.454 e. The summed E-state index contributed by atoms with van der Waals surface area (Å²) in [6.07, 6.45) is 9.37. The SMILES string of the molecule is C=CC=C(C=C)C(=CC)C(=O)C(C(=NC=C)Nc1ccc(Oc2ccnc(N)c2C)c(F)c1)=C(C)C. The fourth-order valence-corrected chi connectivity index (χ4v) is 3.34. The van der Waals surface area contributed by atoms with Crippen molar-refractivity contribution in [2.75, 3.05) is 11.1 Å². The summed E-state index contributed by atoms with van der Waals surface area (Å²) in [5.74, 6) is 0.0505. The summed E-state index contributed by atoms with van der Waals surface area (Å²) in [4.78, 5) is 21.8. The number of ketones is 1. The molecule has 3 N–H and O–H groups in total. The molecule has 0 saturated heterocycles. The first-order valence-electron chi connectivity index (χ1n) is 11.2. The van der Waals surface area contributed by atoms with Gasteiger partial charge in [-0.15, -0.1) is 0 Å². The maximum Gasteiger partial charge on any atom is 0.196 e. The lowest BCUT2D eigenvalue weighted by Gasteiger charge is -2.17. The van der Waals surface area contributed by atoms with E-state index in [1.807, 2.05) is 0 Å². The van der Waals surface area contributed by atoms with Gasteiger partial charge >= 0.3 is 0 Å². The molecule has 0 saturated carbocycles. The molecule has 0 unspecified atom stereocenters. The van der Waals surface area contributed by atoms with Crippen LogP contribution >= 0.6 is 0 Å². The van der Waals surface area contributed by atoms with Crippen molar-refractivity contribution in [2.24, 2.45) is 4.99 Å². The lowest BCUT2D eigenvalue weighted by molar-refractivity contribution is -0.111. The Hall–Kier alpha value is -4.52. The van der Waals surface area contributed by atoms with Gasteiger partial charge in [0.25, 0.3) is 0 Å². The third-order valence-electron chi connectivity index (χ3n) is 5.15. The van der Waals surface area contributed by atoms with Crippen LogP contribution in [0.1, 0.15) is 26.3 Å². The Bertz CT molecular complexity index is 1310. The van der Waals surface area contributed by atoms with Gasteiger partial charge in [-0.2, -0.15) is 0 Å². The first-order chi connectivity index (χ1) is 17.2. The summed E-state index contributed by atoms with van der Waals surface area (Å²) in [7, 11) is 0. The summed E-state index contributed by atoms with van der Waals surface area (Å²) in [6, 6.07) is 5.96. The van der Waals surface area contributed by atoms with Crippen LogP contribution in [0.15, 0.2) is 108 Å². The molecule has 0 atom stereocenters. The molecule has 1 aromatic carbocycles.